The third kappa shape index (κ3) is 9.17. The van der Waals surface area contributed by atoms with E-state index in [4.69, 9.17) is 0 Å². The first kappa shape index (κ1) is 19.2. The lowest BCUT2D eigenvalue weighted by molar-refractivity contribution is 0.546. The maximum absolute atomic E-state index is 4.21. The number of nitrogens with zero attached hydrogens (tertiary/aromatic N) is 3. The van der Waals surface area contributed by atoms with Crippen LogP contribution >= 0.6 is 24.0 Å². The largest absolute Gasteiger partial charge is 0.356 e. The monoisotopic (exact) mass is 393 g/mol. The molecule has 1 heterocycles. The van der Waals surface area contributed by atoms with Crippen LogP contribution in [0.4, 0.5) is 0 Å². The highest BCUT2D eigenvalue weighted by atomic mass is 127. The zero-order valence-corrected chi connectivity index (χ0v) is 15.1. The van der Waals surface area contributed by atoms with Crippen molar-refractivity contribution in [1.82, 2.24) is 20.4 Å². The Morgan fingerprint density at radius 2 is 1.95 bits per heavy atom. The molecule has 0 atom stereocenters. The quantitative estimate of drug-likeness (QED) is 0.309. The van der Waals surface area contributed by atoms with E-state index in [0.29, 0.717) is 0 Å². The van der Waals surface area contributed by atoms with Crippen LogP contribution in [-0.4, -0.2) is 35.9 Å². The average molecular weight is 393 g/mol. The van der Waals surface area contributed by atoms with E-state index in [1.807, 2.05) is 30.2 Å². The fourth-order valence-corrected chi connectivity index (χ4v) is 1.82. The van der Waals surface area contributed by atoms with E-state index in [1.54, 1.807) is 0 Å². The molecule has 0 radical (unpaired) electrons. The minimum atomic E-state index is 0. The van der Waals surface area contributed by atoms with Gasteiger partial charge in [-0.05, 0) is 31.2 Å². The van der Waals surface area contributed by atoms with Gasteiger partial charge in [-0.15, -0.1) is 24.0 Å². The van der Waals surface area contributed by atoms with Crippen molar-refractivity contribution in [3.8, 4) is 0 Å². The minimum absolute atomic E-state index is 0. The van der Waals surface area contributed by atoms with Gasteiger partial charge >= 0.3 is 0 Å². The average Bonchev–Trinajstić information content (AvgIpc) is 2.89. The summed E-state index contributed by atoms with van der Waals surface area (Å²) in [5, 5.41) is 10.8. The molecular weight excluding hydrogens is 365 g/mol. The van der Waals surface area contributed by atoms with E-state index in [-0.39, 0.29) is 24.0 Å². The molecule has 2 N–H and O–H groups in total. The Bertz CT molecular complexity index is 348. The summed E-state index contributed by atoms with van der Waals surface area (Å²) in [6.45, 7) is 7.33. The van der Waals surface area contributed by atoms with Gasteiger partial charge in [-0.3, -0.25) is 9.67 Å². The Hall–Kier alpha value is -0.790. The highest BCUT2D eigenvalue weighted by molar-refractivity contribution is 14.0. The van der Waals surface area contributed by atoms with Gasteiger partial charge in [-0.2, -0.15) is 5.10 Å². The van der Waals surface area contributed by atoms with Gasteiger partial charge in [-0.1, -0.05) is 13.8 Å². The van der Waals surface area contributed by atoms with Crippen molar-refractivity contribution in [1.29, 1.82) is 0 Å². The van der Waals surface area contributed by atoms with Crippen LogP contribution in [0.3, 0.4) is 0 Å². The molecule has 0 aliphatic rings. The van der Waals surface area contributed by atoms with Gasteiger partial charge in [0, 0.05) is 39.1 Å². The van der Waals surface area contributed by atoms with Gasteiger partial charge < -0.3 is 10.6 Å². The molecule has 1 rings (SSSR count). The standard InChI is InChI=1S/C14H27N5.HI/c1-13(2)7-4-8-16-14(15-3)17-9-5-11-19-12-6-10-18-19;/h6,10,12-13H,4-5,7-9,11H2,1-3H3,(H2,15,16,17);1H. The molecule has 0 spiro atoms. The van der Waals surface area contributed by atoms with Crippen LogP contribution in [0.1, 0.15) is 33.1 Å². The summed E-state index contributed by atoms with van der Waals surface area (Å²) < 4.78 is 1.94. The lowest BCUT2D eigenvalue weighted by atomic mass is 10.1. The number of rotatable bonds is 8. The molecule has 5 nitrogen and oxygen atoms in total. The van der Waals surface area contributed by atoms with Gasteiger partial charge in [0.25, 0.3) is 0 Å². The molecule has 0 amide bonds. The number of aryl methyl sites for hydroxylation is 1. The van der Waals surface area contributed by atoms with Crippen LogP contribution < -0.4 is 10.6 Å². The van der Waals surface area contributed by atoms with Gasteiger partial charge in [0.05, 0.1) is 0 Å². The molecule has 0 unspecified atom stereocenters. The van der Waals surface area contributed by atoms with Crippen molar-refractivity contribution in [2.45, 2.75) is 39.7 Å². The lowest BCUT2D eigenvalue weighted by Gasteiger charge is -2.12. The molecule has 6 heteroatoms. The van der Waals surface area contributed by atoms with Crippen molar-refractivity contribution >= 4 is 29.9 Å². The van der Waals surface area contributed by atoms with Crippen molar-refractivity contribution < 1.29 is 0 Å². The van der Waals surface area contributed by atoms with Gasteiger partial charge in [-0.25, -0.2) is 0 Å². The molecule has 20 heavy (non-hydrogen) atoms. The Morgan fingerprint density at radius 1 is 1.25 bits per heavy atom. The summed E-state index contributed by atoms with van der Waals surface area (Å²) in [6.07, 6.45) is 7.27. The number of aliphatic imine (C=N–C) groups is 1. The van der Waals surface area contributed by atoms with E-state index in [2.05, 4.69) is 34.6 Å². The van der Waals surface area contributed by atoms with E-state index < -0.39 is 0 Å². The van der Waals surface area contributed by atoms with E-state index in [1.165, 1.54) is 12.8 Å². The molecule has 0 aromatic carbocycles. The topological polar surface area (TPSA) is 54.2 Å². The molecular formula is C14H28IN5. The number of halogens is 1. The third-order valence-corrected chi connectivity index (χ3v) is 2.89. The molecule has 1 aromatic rings. The lowest BCUT2D eigenvalue weighted by Crippen LogP contribution is -2.38. The molecule has 0 aliphatic heterocycles. The number of hydrogen-bond donors (Lipinski definition) is 2. The first-order valence-corrected chi connectivity index (χ1v) is 7.14. The van der Waals surface area contributed by atoms with Crippen molar-refractivity contribution in [3.05, 3.63) is 18.5 Å². The molecule has 0 bridgehead atoms. The Kier molecular flexibility index (Phi) is 11.5. The van der Waals surface area contributed by atoms with Crippen LogP contribution in [-0.2, 0) is 6.54 Å². The summed E-state index contributed by atoms with van der Waals surface area (Å²) in [7, 11) is 1.81. The number of hydrogen-bond acceptors (Lipinski definition) is 2. The Morgan fingerprint density at radius 3 is 2.50 bits per heavy atom. The second-order valence-corrected chi connectivity index (χ2v) is 5.08. The van der Waals surface area contributed by atoms with Crippen LogP contribution in [0.5, 0.6) is 0 Å². The summed E-state index contributed by atoms with van der Waals surface area (Å²) >= 11 is 0. The summed E-state index contributed by atoms with van der Waals surface area (Å²) in [6, 6.07) is 1.95. The fourth-order valence-electron chi connectivity index (χ4n) is 1.82. The second kappa shape index (κ2) is 12.0. The van der Waals surface area contributed by atoms with E-state index >= 15 is 0 Å². The van der Waals surface area contributed by atoms with Crippen molar-refractivity contribution in [3.63, 3.8) is 0 Å². The van der Waals surface area contributed by atoms with Gasteiger partial charge in [0.15, 0.2) is 5.96 Å². The first-order chi connectivity index (χ1) is 9.22. The highest BCUT2D eigenvalue weighted by Gasteiger charge is 1.98. The fraction of sp³-hybridized carbons (Fsp3) is 0.714. The van der Waals surface area contributed by atoms with E-state index in [9.17, 15) is 0 Å². The SMILES string of the molecule is CN=C(NCCCC(C)C)NCCCn1cccn1.I. The second-order valence-electron chi connectivity index (χ2n) is 5.08. The maximum atomic E-state index is 4.21. The van der Waals surface area contributed by atoms with E-state index in [0.717, 1.165) is 37.9 Å². The number of guanidine groups is 1. The predicted octanol–water partition coefficient (Wildman–Crippen LogP) is 2.49. The molecule has 0 fully saturated rings. The normalized spacial score (nSPS) is 11.3. The molecule has 0 saturated heterocycles. The summed E-state index contributed by atoms with van der Waals surface area (Å²) in [5.41, 5.74) is 0. The van der Waals surface area contributed by atoms with Crippen molar-refractivity contribution in [2.24, 2.45) is 10.9 Å². The third-order valence-electron chi connectivity index (χ3n) is 2.89. The van der Waals surface area contributed by atoms with Gasteiger partial charge in [0.2, 0.25) is 0 Å². The zero-order chi connectivity index (χ0) is 13.9. The molecule has 0 saturated carbocycles. The predicted molar refractivity (Wildman–Crippen MR) is 95.7 cm³/mol. The number of nitrogens with one attached hydrogen (secondary N) is 2. The molecule has 1 aromatic heterocycles. The molecule has 0 aliphatic carbocycles. The smallest absolute Gasteiger partial charge is 0.190 e. The molecule has 116 valence electrons. The summed E-state index contributed by atoms with van der Waals surface area (Å²) in [4.78, 5) is 4.21. The van der Waals surface area contributed by atoms with Gasteiger partial charge in [0.1, 0.15) is 0 Å². The van der Waals surface area contributed by atoms with Crippen LogP contribution in [0.25, 0.3) is 0 Å². The van der Waals surface area contributed by atoms with Crippen LogP contribution in [0, 0.1) is 5.92 Å². The highest BCUT2D eigenvalue weighted by Crippen LogP contribution is 2.01. The van der Waals surface area contributed by atoms with Crippen LogP contribution in [0.15, 0.2) is 23.5 Å². The van der Waals surface area contributed by atoms with Crippen LogP contribution in [0.2, 0.25) is 0 Å². The minimum Gasteiger partial charge on any atom is -0.356 e. The van der Waals surface area contributed by atoms with Crippen molar-refractivity contribution in [2.75, 3.05) is 20.1 Å². The summed E-state index contributed by atoms with van der Waals surface area (Å²) in [5.74, 6) is 1.66. The number of aromatic nitrogens is 2. The Labute approximate surface area is 139 Å². The maximum Gasteiger partial charge on any atom is 0.190 e. The Balaban J connectivity index is 0.00000361. The zero-order valence-electron chi connectivity index (χ0n) is 12.8. The first-order valence-electron chi connectivity index (χ1n) is 7.14.